The lowest BCUT2D eigenvalue weighted by molar-refractivity contribution is -0.113. The van der Waals surface area contributed by atoms with E-state index in [9.17, 15) is 9.90 Å². The molecule has 0 spiro atoms. The van der Waals surface area contributed by atoms with E-state index < -0.39 is 0 Å². The largest absolute Gasteiger partial charge is 0.396 e. The summed E-state index contributed by atoms with van der Waals surface area (Å²) in [6.45, 7) is 11.2. The molecule has 0 saturated carbocycles. The number of benzene rings is 1. The van der Waals surface area contributed by atoms with Gasteiger partial charge in [-0.15, -0.1) is 0 Å². The lowest BCUT2D eigenvalue weighted by atomic mass is 10.0. The van der Waals surface area contributed by atoms with Crippen LogP contribution in [0.3, 0.4) is 0 Å². The minimum absolute atomic E-state index is 0.00560. The zero-order chi connectivity index (χ0) is 20.3. The van der Waals surface area contributed by atoms with Gasteiger partial charge in [-0.1, -0.05) is 29.8 Å². The zero-order valence-corrected chi connectivity index (χ0v) is 15.8. The molecule has 0 aliphatic rings. The van der Waals surface area contributed by atoms with Crippen molar-refractivity contribution >= 4 is 28.7 Å². The molecule has 3 N–H and O–H groups in total. The van der Waals surface area contributed by atoms with E-state index in [0.29, 0.717) is 35.5 Å². The van der Waals surface area contributed by atoms with Crippen molar-refractivity contribution in [3.8, 4) is 11.1 Å². The highest BCUT2D eigenvalue weighted by Crippen LogP contribution is 2.38. The van der Waals surface area contributed by atoms with Crippen molar-refractivity contribution in [3.05, 3.63) is 59.0 Å². The molecule has 2 heterocycles. The normalized spacial score (nSPS) is 11.6. The van der Waals surface area contributed by atoms with Gasteiger partial charge in [-0.3, -0.25) is 0 Å². The summed E-state index contributed by atoms with van der Waals surface area (Å²) in [5.41, 5.74) is 10.2. The van der Waals surface area contributed by atoms with Crippen LogP contribution in [0.25, 0.3) is 33.1 Å². The van der Waals surface area contributed by atoms with Gasteiger partial charge in [-0.2, -0.15) is 0 Å². The molecule has 3 rings (SSSR count). The lowest BCUT2D eigenvalue weighted by Gasteiger charge is -2.09. The second kappa shape index (κ2) is 8.03. The van der Waals surface area contributed by atoms with E-state index >= 15 is 0 Å². The summed E-state index contributed by atoms with van der Waals surface area (Å²) >= 11 is 0. The standard InChI is InChI=1S/C21H21N5O2/c1-13-5-7-15(8-6-13)18-17(11-16(23-3)14(2)28)26(9-4-10-27)21-19(18)20(22)24-12-25-21/h5-8,11-12,27H,4,9-10H2,1-2H3,(H2,22,24,25)/b16-11-. The van der Waals surface area contributed by atoms with Gasteiger partial charge >= 0.3 is 0 Å². The molecule has 3 aromatic rings. The molecule has 0 radical (unpaired) electrons. The van der Waals surface area contributed by atoms with Gasteiger partial charge in [-0.05, 0) is 31.9 Å². The molecular formula is C21H21N5O2. The lowest BCUT2D eigenvalue weighted by Crippen LogP contribution is -2.05. The molecule has 142 valence electrons. The van der Waals surface area contributed by atoms with Crippen molar-refractivity contribution in [1.82, 2.24) is 14.5 Å². The SMILES string of the molecule is [C-]#[N+]/C(=C\c1c(-c2ccc(C)cc2)c2c(N)ncnc2n1CCCO)C(C)=O. The van der Waals surface area contributed by atoms with E-state index in [1.807, 2.05) is 35.8 Å². The number of Topliss-reactive ketones (excluding diaryl/α,β-unsaturated/α-hetero) is 1. The molecule has 0 amide bonds. The van der Waals surface area contributed by atoms with Crippen LogP contribution in [0.2, 0.25) is 0 Å². The van der Waals surface area contributed by atoms with Crippen LogP contribution in [0, 0.1) is 13.5 Å². The van der Waals surface area contributed by atoms with Gasteiger partial charge in [0.15, 0.2) is 5.78 Å². The molecule has 1 aromatic carbocycles. The van der Waals surface area contributed by atoms with Gasteiger partial charge in [-0.25, -0.2) is 14.8 Å². The first kappa shape index (κ1) is 19.3. The number of carbonyl (C=O) groups is 1. The number of rotatable bonds is 6. The molecule has 28 heavy (non-hydrogen) atoms. The van der Waals surface area contributed by atoms with Crippen LogP contribution >= 0.6 is 0 Å². The van der Waals surface area contributed by atoms with Crippen LogP contribution in [-0.2, 0) is 11.3 Å². The third kappa shape index (κ3) is 3.50. The van der Waals surface area contributed by atoms with Crippen LogP contribution in [-0.4, -0.2) is 32.0 Å². The number of aryl methyl sites for hydroxylation is 2. The number of carbonyl (C=O) groups excluding carboxylic acids is 1. The Kier molecular flexibility index (Phi) is 5.52. The predicted molar refractivity (Wildman–Crippen MR) is 109 cm³/mol. The first-order chi connectivity index (χ1) is 13.5. The second-order valence-electron chi connectivity index (χ2n) is 6.51. The molecule has 7 heteroatoms. The number of ketones is 1. The molecule has 0 aliphatic carbocycles. The van der Waals surface area contributed by atoms with Crippen LogP contribution in [0.15, 0.2) is 36.3 Å². The predicted octanol–water partition coefficient (Wildman–Crippen LogP) is 3.22. The van der Waals surface area contributed by atoms with Crippen LogP contribution < -0.4 is 5.73 Å². The summed E-state index contributed by atoms with van der Waals surface area (Å²) < 4.78 is 1.88. The number of aromatic nitrogens is 3. The van der Waals surface area contributed by atoms with Gasteiger partial charge in [0.05, 0.1) is 12.0 Å². The summed E-state index contributed by atoms with van der Waals surface area (Å²) in [6.07, 6.45) is 3.46. The number of nitrogens with two attached hydrogens (primary N) is 1. The second-order valence-corrected chi connectivity index (χ2v) is 6.51. The Morgan fingerprint density at radius 2 is 2.04 bits per heavy atom. The number of anilines is 1. The van der Waals surface area contributed by atoms with Crippen LogP contribution in [0.1, 0.15) is 24.6 Å². The number of fused-ring (bicyclic) bond motifs is 1. The molecule has 0 aliphatic heterocycles. The number of hydrogen-bond acceptors (Lipinski definition) is 5. The fourth-order valence-corrected chi connectivity index (χ4v) is 3.17. The summed E-state index contributed by atoms with van der Waals surface area (Å²) in [6, 6.07) is 7.91. The van der Waals surface area contributed by atoms with Gasteiger partial charge in [0, 0.05) is 24.4 Å². The van der Waals surface area contributed by atoms with Crippen molar-refractivity contribution < 1.29 is 9.90 Å². The number of aliphatic hydroxyl groups is 1. The Labute approximate surface area is 163 Å². The van der Waals surface area contributed by atoms with Crippen molar-refractivity contribution in [1.29, 1.82) is 0 Å². The first-order valence-corrected chi connectivity index (χ1v) is 8.88. The van der Waals surface area contributed by atoms with Gasteiger partial charge in [0.1, 0.15) is 17.8 Å². The minimum atomic E-state index is -0.317. The Bertz CT molecular complexity index is 1100. The average molecular weight is 375 g/mol. The summed E-state index contributed by atoms with van der Waals surface area (Å²) in [5, 5.41) is 10.00. The molecule has 7 nitrogen and oxygen atoms in total. The summed E-state index contributed by atoms with van der Waals surface area (Å²) in [7, 11) is 0. The Balaban J connectivity index is 2.44. The van der Waals surface area contributed by atoms with E-state index in [4.69, 9.17) is 12.3 Å². The van der Waals surface area contributed by atoms with E-state index in [-0.39, 0.29) is 18.1 Å². The quantitative estimate of drug-likeness (QED) is 0.509. The van der Waals surface area contributed by atoms with Crippen molar-refractivity contribution in [2.24, 2.45) is 0 Å². The minimum Gasteiger partial charge on any atom is -0.396 e. The van der Waals surface area contributed by atoms with E-state index in [1.54, 1.807) is 6.08 Å². The number of aliphatic hydroxyl groups excluding tert-OH is 1. The van der Waals surface area contributed by atoms with Crippen molar-refractivity contribution in [2.75, 3.05) is 12.3 Å². The molecule has 2 aromatic heterocycles. The van der Waals surface area contributed by atoms with Gasteiger partial charge < -0.3 is 20.2 Å². The van der Waals surface area contributed by atoms with Crippen LogP contribution in [0.5, 0.6) is 0 Å². The molecular weight excluding hydrogens is 354 g/mol. The molecule has 0 fully saturated rings. The highest BCUT2D eigenvalue weighted by molar-refractivity contribution is 6.07. The highest BCUT2D eigenvalue weighted by atomic mass is 16.3. The number of hydrogen-bond donors (Lipinski definition) is 2. The Morgan fingerprint density at radius 1 is 1.32 bits per heavy atom. The fraction of sp³-hybridized carbons (Fsp3) is 0.238. The monoisotopic (exact) mass is 375 g/mol. The van der Waals surface area contributed by atoms with E-state index in [2.05, 4.69) is 14.8 Å². The van der Waals surface area contributed by atoms with Crippen LogP contribution in [0.4, 0.5) is 5.82 Å². The Morgan fingerprint density at radius 3 is 2.64 bits per heavy atom. The fourth-order valence-electron chi connectivity index (χ4n) is 3.17. The highest BCUT2D eigenvalue weighted by Gasteiger charge is 2.21. The maximum absolute atomic E-state index is 11.9. The summed E-state index contributed by atoms with van der Waals surface area (Å²) in [4.78, 5) is 23.8. The summed E-state index contributed by atoms with van der Waals surface area (Å²) in [5.74, 6) is 0.00744. The van der Waals surface area contributed by atoms with Crippen molar-refractivity contribution in [2.45, 2.75) is 26.8 Å². The first-order valence-electron chi connectivity index (χ1n) is 8.88. The third-order valence-corrected chi connectivity index (χ3v) is 4.54. The molecule has 0 atom stereocenters. The average Bonchev–Trinajstić information content (AvgIpc) is 2.99. The van der Waals surface area contributed by atoms with Gasteiger partial charge in [0.2, 0.25) is 5.70 Å². The topological polar surface area (TPSA) is 98.4 Å². The number of nitrogens with zero attached hydrogens (tertiary/aromatic N) is 4. The van der Waals surface area contributed by atoms with E-state index in [1.165, 1.54) is 13.3 Å². The smallest absolute Gasteiger partial charge is 0.230 e. The van der Waals surface area contributed by atoms with Gasteiger partial charge in [0.25, 0.3) is 0 Å². The maximum Gasteiger partial charge on any atom is 0.230 e. The number of nitrogen functional groups attached to an aromatic ring is 1. The Hall–Kier alpha value is -3.50. The molecule has 0 bridgehead atoms. The van der Waals surface area contributed by atoms with E-state index in [0.717, 1.165) is 16.7 Å². The third-order valence-electron chi connectivity index (χ3n) is 4.54. The van der Waals surface area contributed by atoms with Crippen molar-refractivity contribution in [3.63, 3.8) is 0 Å². The number of allylic oxidation sites excluding steroid dienone is 1. The zero-order valence-electron chi connectivity index (χ0n) is 15.8. The maximum atomic E-state index is 11.9. The molecule has 0 unspecified atom stereocenters. The molecule has 0 saturated heterocycles.